The smallest absolute Gasteiger partial charge is 0.181 e. The van der Waals surface area contributed by atoms with Crippen LogP contribution in [-0.4, -0.2) is 7.11 Å². The van der Waals surface area contributed by atoms with E-state index in [1.54, 1.807) is 13.2 Å². The van der Waals surface area contributed by atoms with Crippen molar-refractivity contribution in [2.75, 3.05) is 12.4 Å². The zero-order valence-electron chi connectivity index (χ0n) is 11.8. The lowest BCUT2D eigenvalue weighted by Crippen LogP contribution is -2.14. The third-order valence-corrected chi connectivity index (χ3v) is 3.83. The molecule has 0 heterocycles. The molecule has 1 aliphatic rings. The molecule has 0 aliphatic heterocycles. The van der Waals surface area contributed by atoms with Crippen LogP contribution in [0.3, 0.4) is 0 Å². The number of ether oxygens (including phenoxy) is 1. The van der Waals surface area contributed by atoms with Gasteiger partial charge in [-0.25, -0.2) is 8.78 Å². The van der Waals surface area contributed by atoms with Crippen LogP contribution in [0, 0.1) is 17.6 Å². The molecular formula is C17H17F2NO. The Morgan fingerprint density at radius 3 is 2.43 bits per heavy atom. The third-order valence-electron chi connectivity index (χ3n) is 3.83. The summed E-state index contributed by atoms with van der Waals surface area (Å²) < 4.78 is 32.3. The van der Waals surface area contributed by atoms with Crippen molar-refractivity contribution in [2.24, 2.45) is 5.92 Å². The number of hydrogen-bond donors (Lipinski definition) is 1. The summed E-state index contributed by atoms with van der Waals surface area (Å²) in [5, 5.41) is 3.15. The molecule has 1 aliphatic carbocycles. The maximum atomic E-state index is 13.8. The van der Waals surface area contributed by atoms with Crippen LogP contribution in [0.5, 0.6) is 5.75 Å². The normalized spacial score (nSPS) is 15.6. The van der Waals surface area contributed by atoms with E-state index in [4.69, 9.17) is 4.74 Å². The van der Waals surface area contributed by atoms with Crippen LogP contribution in [0.2, 0.25) is 0 Å². The van der Waals surface area contributed by atoms with Gasteiger partial charge < -0.3 is 10.1 Å². The molecule has 0 amide bonds. The average molecular weight is 289 g/mol. The van der Waals surface area contributed by atoms with E-state index in [-0.39, 0.29) is 11.7 Å². The molecule has 1 fully saturated rings. The van der Waals surface area contributed by atoms with Crippen LogP contribution in [0.15, 0.2) is 42.5 Å². The average Bonchev–Trinajstić information content (AvgIpc) is 3.34. The summed E-state index contributed by atoms with van der Waals surface area (Å²) >= 11 is 0. The Morgan fingerprint density at radius 2 is 1.81 bits per heavy atom. The Balaban J connectivity index is 1.86. The molecule has 110 valence electrons. The minimum absolute atomic E-state index is 0.00722. The number of methoxy groups -OCH3 is 1. The van der Waals surface area contributed by atoms with Crippen molar-refractivity contribution in [3.63, 3.8) is 0 Å². The zero-order valence-corrected chi connectivity index (χ0v) is 11.8. The van der Waals surface area contributed by atoms with Gasteiger partial charge in [-0.05, 0) is 48.6 Å². The maximum Gasteiger partial charge on any atom is 0.181 e. The van der Waals surface area contributed by atoms with Gasteiger partial charge in [-0.3, -0.25) is 0 Å². The lowest BCUT2D eigenvalue weighted by atomic mass is 10.0. The highest BCUT2D eigenvalue weighted by Crippen LogP contribution is 2.43. The van der Waals surface area contributed by atoms with Gasteiger partial charge in [0.15, 0.2) is 11.6 Å². The van der Waals surface area contributed by atoms with Crippen molar-refractivity contribution in [2.45, 2.75) is 18.9 Å². The van der Waals surface area contributed by atoms with Gasteiger partial charge in [-0.2, -0.15) is 0 Å². The molecule has 0 saturated heterocycles. The summed E-state index contributed by atoms with van der Waals surface area (Å²) in [6, 6.07) is 11.9. The Bertz CT molecular complexity index is 623. The summed E-state index contributed by atoms with van der Waals surface area (Å²) in [6.07, 6.45) is 2.20. The predicted molar refractivity (Wildman–Crippen MR) is 78.4 cm³/mol. The van der Waals surface area contributed by atoms with E-state index in [0.29, 0.717) is 5.92 Å². The van der Waals surface area contributed by atoms with Gasteiger partial charge in [0, 0.05) is 0 Å². The third kappa shape index (κ3) is 2.99. The molecule has 3 rings (SSSR count). The van der Waals surface area contributed by atoms with Gasteiger partial charge in [-0.1, -0.05) is 18.2 Å². The summed E-state index contributed by atoms with van der Waals surface area (Å²) in [7, 11) is 1.62. The highest BCUT2D eigenvalue weighted by atomic mass is 19.2. The van der Waals surface area contributed by atoms with E-state index in [9.17, 15) is 8.78 Å². The number of rotatable bonds is 5. The van der Waals surface area contributed by atoms with E-state index in [0.717, 1.165) is 30.2 Å². The zero-order chi connectivity index (χ0) is 14.8. The predicted octanol–water partition coefficient (Wildman–Crippen LogP) is 4.54. The molecule has 1 atom stereocenters. The first-order chi connectivity index (χ1) is 10.2. The molecule has 2 aromatic carbocycles. The van der Waals surface area contributed by atoms with Crippen molar-refractivity contribution < 1.29 is 13.5 Å². The summed E-state index contributed by atoms with van der Waals surface area (Å²) in [5.41, 5.74) is 1.27. The largest absolute Gasteiger partial charge is 0.497 e. The molecular weight excluding hydrogens is 272 g/mol. The van der Waals surface area contributed by atoms with Gasteiger partial charge in [0.1, 0.15) is 5.75 Å². The van der Waals surface area contributed by atoms with Crippen LogP contribution < -0.4 is 10.1 Å². The SMILES string of the molecule is COc1ccc(C(Nc2cccc(F)c2F)C2CC2)cc1. The van der Waals surface area contributed by atoms with E-state index < -0.39 is 11.6 Å². The number of nitrogens with one attached hydrogen (secondary N) is 1. The highest BCUT2D eigenvalue weighted by molar-refractivity contribution is 5.48. The standard InChI is InChI=1S/C17H17F2NO/c1-21-13-9-7-12(8-10-13)17(11-5-6-11)20-15-4-2-3-14(18)16(15)19/h2-4,7-11,17,20H,5-6H2,1H3. The Labute approximate surface area is 122 Å². The van der Waals surface area contributed by atoms with E-state index in [1.807, 2.05) is 24.3 Å². The highest BCUT2D eigenvalue weighted by Gasteiger charge is 2.33. The van der Waals surface area contributed by atoms with E-state index in [2.05, 4.69) is 5.32 Å². The first-order valence-corrected chi connectivity index (χ1v) is 7.03. The van der Waals surface area contributed by atoms with Crippen molar-refractivity contribution in [1.29, 1.82) is 0 Å². The van der Waals surface area contributed by atoms with Gasteiger partial charge in [0.05, 0.1) is 18.8 Å². The van der Waals surface area contributed by atoms with Crippen molar-refractivity contribution in [1.82, 2.24) is 0 Å². The van der Waals surface area contributed by atoms with Crippen LogP contribution in [0.25, 0.3) is 0 Å². The molecule has 21 heavy (non-hydrogen) atoms. The van der Waals surface area contributed by atoms with Crippen molar-refractivity contribution >= 4 is 5.69 Å². The minimum atomic E-state index is -0.829. The second-order valence-electron chi connectivity index (χ2n) is 5.33. The van der Waals surface area contributed by atoms with Crippen LogP contribution in [-0.2, 0) is 0 Å². The second-order valence-corrected chi connectivity index (χ2v) is 5.33. The fourth-order valence-corrected chi connectivity index (χ4v) is 2.50. The molecule has 1 N–H and O–H groups in total. The van der Waals surface area contributed by atoms with Crippen molar-refractivity contribution in [3.05, 3.63) is 59.7 Å². The monoisotopic (exact) mass is 289 g/mol. The summed E-state index contributed by atoms with van der Waals surface area (Å²) in [4.78, 5) is 0. The lowest BCUT2D eigenvalue weighted by Gasteiger charge is -2.21. The topological polar surface area (TPSA) is 21.3 Å². The number of hydrogen-bond acceptors (Lipinski definition) is 2. The molecule has 0 aromatic heterocycles. The Hall–Kier alpha value is -2.10. The molecule has 0 bridgehead atoms. The van der Waals surface area contributed by atoms with Crippen LogP contribution in [0.4, 0.5) is 14.5 Å². The summed E-state index contributed by atoms with van der Waals surface area (Å²) in [5.74, 6) is -0.410. The maximum absolute atomic E-state index is 13.8. The van der Waals surface area contributed by atoms with E-state index in [1.165, 1.54) is 6.07 Å². The fraction of sp³-hybridized carbons (Fsp3) is 0.294. The lowest BCUT2D eigenvalue weighted by molar-refractivity contribution is 0.414. The van der Waals surface area contributed by atoms with E-state index >= 15 is 0 Å². The van der Waals surface area contributed by atoms with Crippen LogP contribution in [0.1, 0.15) is 24.4 Å². The molecule has 2 aromatic rings. The minimum Gasteiger partial charge on any atom is -0.497 e. The Morgan fingerprint density at radius 1 is 1.10 bits per heavy atom. The molecule has 0 spiro atoms. The van der Waals surface area contributed by atoms with Crippen molar-refractivity contribution in [3.8, 4) is 5.75 Å². The quantitative estimate of drug-likeness (QED) is 0.872. The molecule has 0 radical (unpaired) electrons. The molecule has 1 unspecified atom stereocenters. The molecule has 4 heteroatoms. The number of benzene rings is 2. The Kier molecular flexibility index (Phi) is 3.78. The first kappa shape index (κ1) is 13.9. The molecule has 1 saturated carbocycles. The van der Waals surface area contributed by atoms with Gasteiger partial charge >= 0.3 is 0 Å². The van der Waals surface area contributed by atoms with Crippen LogP contribution >= 0.6 is 0 Å². The van der Waals surface area contributed by atoms with Gasteiger partial charge in [-0.15, -0.1) is 0 Å². The van der Waals surface area contributed by atoms with Gasteiger partial charge in [0.2, 0.25) is 0 Å². The number of halogens is 2. The fourth-order valence-electron chi connectivity index (χ4n) is 2.50. The summed E-state index contributed by atoms with van der Waals surface area (Å²) in [6.45, 7) is 0. The second kappa shape index (κ2) is 5.72. The van der Waals surface area contributed by atoms with Gasteiger partial charge in [0.25, 0.3) is 0 Å². The number of anilines is 1. The first-order valence-electron chi connectivity index (χ1n) is 7.03. The molecule has 2 nitrogen and oxygen atoms in total.